The van der Waals surface area contributed by atoms with Gasteiger partial charge < -0.3 is 0 Å². The number of hydrogen-bond donors (Lipinski definition) is 0. The molecule has 0 spiro atoms. The Morgan fingerprint density at radius 2 is 1.20 bits per heavy atom. The zero-order valence-electron chi connectivity index (χ0n) is 34.4. The molecule has 1 saturated heterocycles. The van der Waals surface area contributed by atoms with Crippen LogP contribution in [0.2, 0.25) is 4.25 Å². The van der Waals surface area contributed by atoms with Gasteiger partial charge in [0.1, 0.15) is 0 Å². The number of carbonyl (C=O) groups excluding carboxylic acids is 2. The summed E-state index contributed by atoms with van der Waals surface area (Å²) in [6.45, 7) is 40.9. The van der Waals surface area contributed by atoms with Crippen LogP contribution in [0, 0.1) is 5.92 Å². The van der Waals surface area contributed by atoms with E-state index in [0.29, 0.717) is 5.92 Å². The van der Waals surface area contributed by atoms with Crippen LogP contribution in [0.3, 0.4) is 0 Å². The molecule has 0 radical (unpaired) electrons. The van der Waals surface area contributed by atoms with Crippen molar-refractivity contribution in [2.24, 2.45) is 5.92 Å². The number of esters is 1. The summed E-state index contributed by atoms with van der Waals surface area (Å²) in [4.78, 5) is 28.1. The number of ether oxygens (including phenoxy) is 1. The van der Waals surface area contributed by atoms with Gasteiger partial charge in [-0.15, -0.1) is 0 Å². The average molecular weight is 752 g/mol. The Kier molecular flexibility index (Phi) is 12.1. The molecule has 1 fully saturated rings. The van der Waals surface area contributed by atoms with E-state index in [4.69, 9.17) is 8.50 Å². The molecule has 0 aliphatic carbocycles. The molecular weight excluding hydrogens is 684 g/mol. The first kappa shape index (κ1) is 41.5. The molecule has 1 heterocycles. The van der Waals surface area contributed by atoms with Crippen LogP contribution in [0.4, 0.5) is 0 Å². The number of methoxy groups -OCH3 is 1. The average Bonchev–Trinajstić information content (AvgIpc) is 2.94. The summed E-state index contributed by atoms with van der Waals surface area (Å²) in [7, 11) is 2.42. The molecule has 272 valence electrons. The Hall–Kier alpha value is -1.91. The van der Waals surface area contributed by atoms with E-state index in [1.54, 1.807) is 0 Å². The Morgan fingerprint density at radius 3 is 1.53 bits per heavy atom. The van der Waals surface area contributed by atoms with Crippen molar-refractivity contribution in [2.45, 2.75) is 169 Å². The van der Waals surface area contributed by atoms with E-state index in [1.165, 1.54) is 50.2 Å². The minimum atomic E-state index is -4.32. The fourth-order valence-electron chi connectivity index (χ4n) is 7.17. The molecule has 0 N–H and O–H groups in total. The third kappa shape index (κ3) is 8.27. The summed E-state index contributed by atoms with van der Waals surface area (Å²) in [6, 6.07) is 9.56. The van der Waals surface area contributed by atoms with Gasteiger partial charge in [0.15, 0.2) is 0 Å². The molecule has 49 heavy (non-hydrogen) atoms. The van der Waals surface area contributed by atoms with Gasteiger partial charge in [0, 0.05) is 0 Å². The maximum absolute atomic E-state index is 14.1. The van der Waals surface area contributed by atoms with Gasteiger partial charge in [0.25, 0.3) is 0 Å². The quantitative estimate of drug-likeness (QED) is 0.168. The SMILES string of the molecule is COC(=O)[C@@H]1CC(=O)[O][Ge@@]([c]2c(C(C)C)cc(C(C)C)cc2C(C)C)([C](C)(C)C)[C]1=Pc1c(C(C)(C)C)cc(C(C)(C)C)cc1C(C)(C)C. The molecule has 3 rings (SSSR count). The predicted octanol–water partition coefficient (Wildman–Crippen LogP) is 10.6. The van der Waals surface area contributed by atoms with Crippen LogP contribution < -0.4 is 9.70 Å². The predicted molar refractivity (Wildman–Crippen MR) is 214 cm³/mol. The van der Waals surface area contributed by atoms with Gasteiger partial charge in [0.05, 0.1) is 0 Å². The van der Waals surface area contributed by atoms with Crippen molar-refractivity contribution in [1.29, 1.82) is 0 Å². The van der Waals surface area contributed by atoms with E-state index in [0.717, 1.165) is 12.3 Å². The second-order valence-corrected chi connectivity index (χ2v) is 30.0. The van der Waals surface area contributed by atoms with Crippen molar-refractivity contribution < 1.29 is 18.1 Å². The second-order valence-electron chi connectivity index (χ2n) is 19.4. The molecule has 2 aromatic carbocycles. The van der Waals surface area contributed by atoms with Gasteiger partial charge in [0.2, 0.25) is 0 Å². The standard InChI is InChI=1S/C43H67GeO4P/c1-25(2)28-20-30(26(3)4)36(31(21-28)27(5)6)44(43(16,17)18)38(32(39(46)47-19)24-35(45)48-44)49-37-33(41(10,11)12)22-29(40(7,8)9)23-34(37)42(13,14)15/h20-23,25-27,32H,24H2,1-19H3/t32-,44-/m1/s1. The van der Waals surface area contributed by atoms with Crippen molar-refractivity contribution in [3.05, 3.63) is 57.6 Å². The molecular formula is C43H67GeO4P. The molecule has 6 heteroatoms. The number of hydrogen-bond acceptors (Lipinski definition) is 4. The van der Waals surface area contributed by atoms with Gasteiger partial charge >= 0.3 is 306 Å². The molecule has 2 atom stereocenters. The van der Waals surface area contributed by atoms with Crippen LogP contribution in [0.1, 0.15) is 182 Å². The van der Waals surface area contributed by atoms with Crippen LogP contribution in [-0.2, 0) is 34.3 Å². The van der Waals surface area contributed by atoms with E-state index in [1.807, 2.05) is 0 Å². The molecule has 0 aromatic heterocycles. The molecule has 1 aliphatic heterocycles. The summed E-state index contributed by atoms with van der Waals surface area (Å²) < 4.78 is 14.6. The van der Waals surface area contributed by atoms with E-state index in [9.17, 15) is 9.59 Å². The molecule has 2 aromatic rings. The summed E-state index contributed by atoms with van der Waals surface area (Å²) in [6.07, 6.45) is 0.00592. The first-order valence-electron chi connectivity index (χ1n) is 18.4. The van der Waals surface area contributed by atoms with E-state index in [2.05, 4.69) is 149 Å². The first-order chi connectivity index (χ1) is 22.1. The summed E-state index contributed by atoms with van der Waals surface area (Å²) in [5.74, 6) is -0.544. The monoisotopic (exact) mass is 752 g/mol. The van der Waals surface area contributed by atoms with Crippen LogP contribution in [0.25, 0.3) is 0 Å². The first-order valence-corrected chi connectivity index (χ1v) is 23.3. The molecule has 0 bridgehead atoms. The van der Waals surface area contributed by atoms with Gasteiger partial charge in [-0.2, -0.15) is 0 Å². The van der Waals surface area contributed by atoms with Crippen molar-refractivity contribution in [2.75, 3.05) is 7.11 Å². The number of rotatable bonds is 6. The molecule has 0 amide bonds. The topological polar surface area (TPSA) is 52.6 Å². The summed E-state index contributed by atoms with van der Waals surface area (Å²) >= 11 is -4.32. The van der Waals surface area contributed by atoms with Crippen LogP contribution in [0.5, 0.6) is 0 Å². The second kappa shape index (κ2) is 14.3. The Balaban J connectivity index is 2.82. The van der Waals surface area contributed by atoms with E-state index in [-0.39, 0.29) is 46.4 Å². The van der Waals surface area contributed by atoms with E-state index >= 15 is 0 Å². The molecule has 0 unspecified atom stereocenters. The Morgan fingerprint density at radius 1 is 0.755 bits per heavy atom. The molecule has 4 nitrogen and oxygen atoms in total. The van der Waals surface area contributed by atoms with Gasteiger partial charge in [-0.1, -0.05) is 0 Å². The van der Waals surface area contributed by atoms with Crippen LogP contribution >= 0.6 is 8.20 Å². The summed E-state index contributed by atoms with van der Waals surface area (Å²) in [5.41, 5.74) is 7.32. The molecule has 1 aliphatic rings. The fraction of sp³-hybridized carbons (Fsp3) is 0.651. The third-order valence-electron chi connectivity index (χ3n) is 10.2. The van der Waals surface area contributed by atoms with Crippen molar-refractivity contribution >= 4 is 47.6 Å². The normalized spacial score (nSPS) is 20.4. The minimum absolute atomic E-state index is 0.00592. The van der Waals surface area contributed by atoms with Gasteiger partial charge in [-0.25, -0.2) is 0 Å². The molecule has 0 saturated carbocycles. The maximum atomic E-state index is 14.1. The number of benzene rings is 2. The van der Waals surface area contributed by atoms with Crippen molar-refractivity contribution in [1.82, 2.24) is 0 Å². The van der Waals surface area contributed by atoms with Gasteiger partial charge in [-0.05, 0) is 0 Å². The number of carbonyl (C=O) groups is 2. The van der Waals surface area contributed by atoms with Gasteiger partial charge in [-0.3, -0.25) is 0 Å². The van der Waals surface area contributed by atoms with Crippen LogP contribution in [-0.4, -0.2) is 36.8 Å². The van der Waals surface area contributed by atoms with Crippen molar-refractivity contribution in [3.8, 4) is 0 Å². The zero-order chi connectivity index (χ0) is 37.8. The Bertz CT molecular complexity index is 1540. The Labute approximate surface area is 304 Å². The fourth-order valence-corrected chi connectivity index (χ4v) is 23.6. The third-order valence-corrected chi connectivity index (χ3v) is 24.3. The zero-order valence-corrected chi connectivity index (χ0v) is 37.4. The van der Waals surface area contributed by atoms with Crippen molar-refractivity contribution in [3.63, 3.8) is 0 Å². The summed E-state index contributed by atoms with van der Waals surface area (Å²) in [5, 5.41) is 1.24. The van der Waals surface area contributed by atoms with E-state index < -0.39 is 23.8 Å². The van der Waals surface area contributed by atoms with Crippen LogP contribution in [0.15, 0.2) is 24.3 Å².